The lowest BCUT2D eigenvalue weighted by Gasteiger charge is -2.10. The molecule has 0 unspecified atom stereocenters. The lowest BCUT2D eigenvalue weighted by atomic mass is 10.1. The van der Waals surface area contributed by atoms with Gasteiger partial charge in [-0.15, -0.1) is 11.3 Å². The highest BCUT2D eigenvalue weighted by Crippen LogP contribution is 2.35. The zero-order valence-corrected chi connectivity index (χ0v) is 12.7. The molecule has 0 amide bonds. The van der Waals surface area contributed by atoms with Crippen molar-refractivity contribution in [2.45, 2.75) is 13.8 Å². The van der Waals surface area contributed by atoms with Crippen molar-refractivity contribution < 1.29 is 15.0 Å². The van der Waals surface area contributed by atoms with Gasteiger partial charge in [0.1, 0.15) is 27.6 Å². The number of phenolic OH excluding ortho intramolecular Hbond substituents is 1. The zero-order chi connectivity index (χ0) is 15.9. The largest absolute Gasteiger partial charge is 0.508 e. The summed E-state index contributed by atoms with van der Waals surface area (Å²) in [5, 5.41) is 22.6. The summed E-state index contributed by atoms with van der Waals surface area (Å²) in [6.45, 7) is 3.62. The van der Waals surface area contributed by atoms with Gasteiger partial charge >= 0.3 is 5.97 Å². The summed E-state index contributed by atoms with van der Waals surface area (Å²) in [6, 6.07) is 4.97. The minimum absolute atomic E-state index is 0.191. The highest BCUT2D eigenvalue weighted by Gasteiger charge is 2.18. The maximum absolute atomic E-state index is 11.3. The number of fused-ring (bicyclic) bond motifs is 1. The number of aryl methyl sites for hydroxylation is 2. The molecule has 112 valence electrons. The van der Waals surface area contributed by atoms with Crippen molar-refractivity contribution >= 4 is 39.0 Å². The molecule has 0 saturated carbocycles. The number of carboxylic acids is 1. The number of hydrogen-bond donors (Lipinski definition) is 3. The quantitative estimate of drug-likeness (QED) is 0.641. The second-order valence-corrected chi connectivity index (χ2v) is 5.89. The summed E-state index contributed by atoms with van der Waals surface area (Å²) < 4.78 is 0. The van der Waals surface area contributed by atoms with E-state index in [9.17, 15) is 15.0 Å². The molecule has 3 aromatic rings. The van der Waals surface area contributed by atoms with Crippen LogP contribution in [0.1, 0.15) is 20.8 Å². The molecular weight excluding hydrogens is 302 g/mol. The SMILES string of the molecule is Cc1cc(O)ccc1Nc1ncnc2sc(C(=O)O)c(C)c12. The van der Waals surface area contributed by atoms with Crippen molar-refractivity contribution in [1.29, 1.82) is 0 Å². The average Bonchev–Trinajstić information content (AvgIpc) is 2.80. The fourth-order valence-electron chi connectivity index (χ4n) is 2.29. The van der Waals surface area contributed by atoms with Gasteiger partial charge in [0.2, 0.25) is 0 Å². The molecule has 0 spiro atoms. The Kier molecular flexibility index (Phi) is 3.42. The number of nitrogens with one attached hydrogen (secondary N) is 1. The lowest BCUT2D eigenvalue weighted by molar-refractivity contribution is 0.0701. The highest BCUT2D eigenvalue weighted by atomic mass is 32.1. The molecule has 6 nitrogen and oxygen atoms in total. The van der Waals surface area contributed by atoms with Crippen LogP contribution >= 0.6 is 11.3 Å². The third-order valence-corrected chi connectivity index (χ3v) is 4.57. The van der Waals surface area contributed by atoms with E-state index in [2.05, 4.69) is 15.3 Å². The molecule has 0 aliphatic rings. The average molecular weight is 315 g/mol. The van der Waals surface area contributed by atoms with Gasteiger partial charge in [-0.05, 0) is 43.2 Å². The number of phenols is 1. The fourth-order valence-corrected chi connectivity index (χ4v) is 3.27. The van der Waals surface area contributed by atoms with Gasteiger partial charge in [-0.25, -0.2) is 14.8 Å². The lowest BCUT2D eigenvalue weighted by Crippen LogP contribution is -1.98. The van der Waals surface area contributed by atoms with E-state index in [0.717, 1.165) is 22.6 Å². The van der Waals surface area contributed by atoms with Crippen LogP contribution in [-0.4, -0.2) is 26.2 Å². The van der Waals surface area contributed by atoms with Gasteiger partial charge in [0, 0.05) is 5.69 Å². The predicted molar refractivity (Wildman–Crippen MR) is 85.2 cm³/mol. The van der Waals surface area contributed by atoms with Crippen LogP contribution in [0.15, 0.2) is 24.5 Å². The number of hydrogen-bond acceptors (Lipinski definition) is 6. The molecule has 2 aromatic heterocycles. The molecule has 7 heteroatoms. The molecule has 0 aliphatic carbocycles. The number of nitrogens with zero attached hydrogens (tertiary/aromatic N) is 2. The van der Waals surface area contributed by atoms with Gasteiger partial charge in [-0.2, -0.15) is 0 Å². The van der Waals surface area contributed by atoms with E-state index >= 15 is 0 Å². The standard InChI is InChI=1S/C15H13N3O3S/c1-7-5-9(19)3-4-10(7)18-13-11-8(2)12(15(20)21)22-14(11)17-6-16-13/h3-6,19H,1-2H3,(H,20,21)(H,16,17,18). The number of aromatic nitrogens is 2. The predicted octanol–water partition coefficient (Wildman–Crippen LogP) is 3.46. The Labute approximate surface area is 130 Å². The van der Waals surface area contributed by atoms with Gasteiger partial charge in [-0.1, -0.05) is 0 Å². The van der Waals surface area contributed by atoms with Crippen LogP contribution in [0.3, 0.4) is 0 Å². The number of rotatable bonds is 3. The number of thiophene rings is 1. The Balaban J connectivity index is 2.13. The van der Waals surface area contributed by atoms with Crippen LogP contribution in [-0.2, 0) is 0 Å². The van der Waals surface area contributed by atoms with Crippen molar-refractivity contribution in [3.8, 4) is 5.75 Å². The molecule has 3 N–H and O–H groups in total. The molecule has 2 heterocycles. The molecule has 0 saturated heterocycles. The Morgan fingerprint density at radius 1 is 1.27 bits per heavy atom. The van der Waals surface area contributed by atoms with Gasteiger partial charge < -0.3 is 15.5 Å². The number of aromatic hydroxyl groups is 1. The molecule has 0 bridgehead atoms. The molecular formula is C15H13N3O3S. The van der Waals surface area contributed by atoms with Crippen molar-refractivity contribution in [2.75, 3.05) is 5.32 Å². The fraction of sp³-hybridized carbons (Fsp3) is 0.133. The summed E-state index contributed by atoms with van der Waals surface area (Å²) >= 11 is 1.13. The van der Waals surface area contributed by atoms with Gasteiger partial charge in [-0.3, -0.25) is 0 Å². The number of carboxylic acid groups (broad SMARTS) is 1. The van der Waals surface area contributed by atoms with E-state index in [1.165, 1.54) is 6.33 Å². The van der Waals surface area contributed by atoms with Crippen molar-refractivity contribution in [1.82, 2.24) is 9.97 Å². The summed E-state index contributed by atoms with van der Waals surface area (Å²) in [5.74, 6) is -0.219. The van der Waals surface area contributed by atoms with Gasteiger partial charge in [0.05, 0.1) is 5.39 Å². The maximum Gasteiger partial charge on any atom is 0.346 e. The molecule has 1 aromatic carbocycles. The Hall–Kier alpha value is -2.67. The van der Waals surface area contributed by atoms with Crippen molar-refractivity contribution in [3.05, 3.63) is 40.5 Å². The molecule has 3 rings (SSSR count). The summed E-state index contributed by atoms with van der Waals surface area (Å²) in [6.07, 6.45) is 1.40. The molecule has 0 radical (unpaired) electrons. The normalized spacial score (nSPS) is 10.8. The molecule has 0 atom stereocenters. The number of anilines is 2. The Morgan fingerprint density at radius 2 is 2.05 bits per heavy atom. The summed E-state index contributed by atoms with van der Waals surface area (Å²) in [5.41, 5.74) is 2.30. The van der Waals surface area contributed by atoms with Crippen LogP contribution < -0.4 is 5.32 Å². The third-order valence-electron chi connectivity index (χ3n) is 3.38. The van der Waals surface area contributed by atoms with Crippen LogP contribution in [0.4, 0.5) is 11.5 Å². The minimum Gasteiger partial charge on any atom is -0.508 e. The van der Waals surface area contributed by atoms with Crippen molar-refractivity contribution in [2.24, 2.45) is 0 Å². The summed E-state index contributed by atoms with van der Waals surface area (Å²) in [4.78, 5) is 20.5. The number of carbonyl (C=O) groups is 1. The van der Waals surface area contributed by atoms with Crippen LogP contribution in [0, 0.1) is 13.8 Å². The smallest absolute Gasteiger partial charge is 0.346 e. The van der Waals surface area contributed by atoms with Crippen molar-refractivity contribution in [3.63, 3.8) is 0 Å². The first-order valence-electron chi connectivity index (χ1n) is 6.51. The monoisotopic (exact) mass is 315 g/mol. The van der Waals surface area contributed by atoms with Crippen LogP contribution in [0.5, 0.6) is 5.75 Å². The van der Waals surface area contributed by atoms with Crippen LogP contribution in [0.2, 0.25) is 0 Å². The first-order chi connectivity index (χ1) is 10.5. The second-order valence-electron chi connectivity index (χ2n) is 4.89. The number of benzene rings is 1. The van der Waals surface area contributed by atoms with E-state index in [0.29, 0.717) is 21.6 Å². The third kappa shape index (κ3) is 2.35. The first-order valence-corrected chi connectivity index (χ1v) is 7.33. The highest BCUT2D eigenvalue weighted by molar-refractivity contribution is 7.20. The Morgan fingerprint density at radius 3 is 2.73 bits per heavy atom. The van der Waals surface area contributed by atoms with E-state index in [1.807, 2.05) is 6.92 Å². The zero-order valence-electron chi connectivity index (χ0n) is 11.9. The van der Waals surface area contributed by atoms with E-state index in [4.69, 9.17) is 0 Å². The van der Waals surface area contributed by atoms with Crippen LogP contribution in [0.25, 0.3) is 10.2 Å². The topological polar surface area (TPSA) is 95.3 Å². The van der Waals surface area contributed by atoms with E-state index in [1.54, 1.807) is 25.1 Å². The molecule has 0 aliphatic heterocycles. The van der Waals surface area contributed by atoms with Gasteiger partial charge in [0.15, 0.2) is 0 Å². The minimum atomic E-state index is -0.965. The van der Waals surface area contributed by atoms with E-state index in [-0.39, 0.29) is 10.6 Å². The number of aromatic carboxylic acids is 1. The first kappa shape index (κ1) is 14.3. The molecule has 22 heavy (non-hydrogen) atoms. The second kappa shape index (κ2) is 5.27. The summed E-state index contributed by atoms with van der Waals surface area (Å²) in [7, 11) is 0. The molecule has 0 fully saturated rings. The maximum atomic E-state index is 11.3. The Bertz CT molecular complexity index is 889. The van der Waals surface area contributed by atoms with Gasteiger partial charge in [0.25, 0.3) is 0 Å². The van der Waals surface area contributed by atoms with E-state index < -0.39 is 5.97 Å².